The molecule has 0 aliphatic heterocycles. The Morgan fingerprint density at radius 2 is 2.06 bits per heavy atom. The molecule has 2 rings (SSSR count). The first-order valence-electron chi connectivity index (χ1n) is 6.40. The van der Waals surface area contributed by atoms with Gasteiger partial charge in [0, 0.05) is 24.1 Å². The molecule has 1 atom stereocenters. The third kappa shape index (κ3) is 3.52. The van der Waals surface area contributed by atoms with Crippen molar-refractivity contribution in [1.29, 1.82) is 0 Å². The van der Waals surface area contributed by atoms with Crippen LogP contribution in [-0.4, -0.2) is 29.4 Å². The number of hydrogen-bond donors (Lipinski definition) is 1. The fourth-order valence-electron chi connectivity index (χ4n) is 1.89. The number of para-hydroxylation sites is 1. The van der Waals surface area contributed by atoms with Crippen LogP contribution in [0.25, 0.3) is 10.9 Å². The second-order valence-electron chi connectivity index (χ2n) is 4.43. The molecule has 3 heteroatoms. The Morgan fingerprint density at radius 3 is 2.89 bits per heavy atom. The van der Waals surface area contributed by atoms with E-state index in [-0.39, 0.29) is 0 Å². The smallest absolute Gasteiger partial charge is 0.0828 e. The number of fused-ring (bicyclic) bond motifs is 1. The highest BCUT2D eigenvalue weighted by Gasteiger charge is 2.07. The molecule has 0 bridgehead atoms. The van der Waals surface area contributed by atoms with Crippen molar-refractivity contribution < 1.29 is 9.84 Å². The summed E-state index contributed by atoms with van der Waals surface area (Å²) in [7, 11) is 0. The Kier molecular flexibility index (Phi) is 4.67. The molecule has 1 aromatic carbocycles. The Morgan fingerprint density at radius 1 is 1.22 bits per heavy atom. The van der Waals surface area contributed by atoms with E-state index in [0.717, 1.165) is 23.0 Å². The van der Waals surface area contributed by atoms with Gasteiger partial charge in [0.15, 0.2) is 0 Å². The predicted molar refractivity (Wildman–Crippen MR) is 72.6 cm³/mol. The maximum absolute atomic E-state index is 9.84. The van der Waals surface area contributed by atoms with Crippen molar-refractivity contribution in [3.05, 3.63) is 42.1 Å². The first kappa shape index (κ1) is 13.0. The number of nitrogens with zero attached hydrogens (tertiary/aromatic N) is 1. The highest BCUT2D eigenvalue weighted by molar-refractivity contribution is 5.78. The number of ether oxygens (including phenoxy) is 1. The van der Waals surface area contributed by atoms with Gasteiger partial charge < -0.3 is 9.84 Å². The molecule has 18 heavy (non-hydrogen) atoms. The number of rotatable bonds is 6. The largest absolute Gasteiger partial charge is 0.390 e. The number of hydrogen-bond acceptors (Lipinski definition) is 3. The first-order valence-corrected chi connectivity index (χ1v) is 6.40. The number of aliphatic hydroxyl groups excluding tert-OH is 1. The molecule has 3 nitrogen and oxygen atoms in total. The zero-order chi connectivity index (χ0) is 12.8. The van der Waals surface area contributed by atoms with Crippen molar-refractivity contribution in [1.82, 2.24) is 4.98 Å². The molecule has 1 heterocycles. The van der Waals surface area contributed by atoms with E-state index in [1.165, 1.54) is 0 Å². The fourth-order valence-corrected chi connectivity index (χ4v) is 1.89. The lowest BCUT2D eigenvalue weighted by atomic mass is 10.1. The Balaban J connectivity index is 1.98. The van der Waals surface area contributed by atoms with Gasteiger partial charge >= 0.3 is 0 Å². The Bertz CT molecular complexity index is 499. The minimum atomic E-state index is -0.481. The molecule has 0 spiro atoms. The lowest BCUT2D eigenvalue weighted by molar-refractivity contribution is 0.0370. The van der Waals surface area contributed by atoms with E-state index >= 15 is 0 Å². The highest BCUT2D eigenvalue weighted by Crippen LogP contribution is 2.12. The maximum atomic E-state index is 9.84. The predicted octanol–water partition coefficient (Wildman–Crippen LogP) is 2.56. The molecule has 1 unspecified atom stereocenters. The van der Waals surface area contributed by atoms with Crippen LogP contribution in [0.4, 0.5) is 0 Å². The second-order valence-corrected chi connectivity index (χ2v) is 4.43. The van der Waals surface area contributed by atoms with Crippen LogP contribution in [0, 0.1) is 0 Å². The SMILES string of the molecule is CCCOCC(O)Cc1ccc2ccccc2n1. The lowest BCUT2D eigenvalue weighted by Gasteiger charge is -2.10. The van der Waals surface area contributed by atoms with E-state index < -0.39 is 6.10 Å². The molecule has 1 N–H and O–H groups in total. The van der Waals surface area contributed by atoms with E-state index in [1.807, 2.05) is 36.4 Å². The number of benzene rings is 1. The van der Waals surface area contributed by atoms with Crippen LogP contribution in [0.2, 0.25) is 0 Å². The average molecular weight is 245 g/mol. The normalized spacial score (nSPS) is 12.8. The van der Waals surface area contributed by atoms with Crippen LogP contribution in [-0.2, 0) is 11.2 Å². The third-order valence-electron chi connectivity index (χ3n) is 2.76. The van der Waals surface area contributed by atoms with Crippen LogP contribution in [0.1, 0.15) is 19.0 Å². The monoisotopic (exact) mass is 245 g/mol. The molecule has 0 radical (unpaired) electrons. The quantitative estimate of drug-likeness (QED) is 0.795. The van der Waals surface area contributed by atoms with Crippen molar-refractivity contribution >= 4 is 10.9 Å². The van der Waals surface area contributed by atoms with E-state index in [4.69, 9.17) is 4.74 Å². The Hall–Kier alpha value is -1.45. The fraction of sp³-hybridized carbons (Fsp3) is 0.400. The van der Waals surface area contributed by atoms with E-state index in [1.54, 1.807) is 0 Å². The average Bonchev–Trinajstić information content (AvgIpc) is 2.39. The summed E-state index contributed by atoms with van der Waals surface area (Å²) in [6, 6.07) is 12.0. The molecule has 0 amide bonds. The van der Waals surface area contributed by atoms with Gasteiger partial charge in [0.2, 0.25) is 0 Å². The van der Waals surface area contributed by atoms with Gasteiger partial charge in [0.25, 0.3) is 0 Å². The van der Waals surface area contributed by atoms with Gasteiger partial charge in [-0.2, -0.15) is 0 Å². The van der Waals surface area contributed by atoms with Crippen LogP contribution >= 0.6 is 0 Å². The number of aromatic nitrogens is 1. The van der Waals surface area contributed by atoms with Gasteiger partial charge in [-0.25, -0.2) is 0 Å². The van der Waals surface area contributed by atoms with Gasteiger partial charge in [0.05, 0.1) is 18.2 Å². The van der Waals surface area contributed by atoms with Crippen molar-refractivity contribution in [2.75, 3.05) is 13.2 Å². The molecule has 0 aliphatic carbocycles. The summed E-state index contributed by atoms with van der Waals surface area (Å²) in [6.45, 7) is 3.13. The first-order chi connectivity index (χ1) is 8.79. The standard InChI is InChI=1S/C15H19NO2/c1-2-9-18-11-14(17)10-13-8-7-12-5-3-4-6-15(12)16-13/h3-8,14,17H,2,9-11H2,1H3. The maximum Gasteiger partial charge on any atom is 0.0828 e. The summed E-state index contributed by atoms with van der Waals surface area (Å²) in [6.07, 6.45) is 1.03. The van der Waals surface area contributed by atoms with E-state index in [2.05, 4.69) is 11.9 Å². The molecule has 0 aliphatic rings. The minimum Gasteiger partial charge on any atom is -0.390 e. The Labute approximate surface area is 107 Å². The number of pyridine rings is 1. The minimum absolute atomic E-state index is 0.377. The molecular weight excluding hydrogens is 226 g/mol. The van der Waals surface area contributed by atoms with E-state index in [0.29, 0.717) is 19.6 Å². The van der Waals surface area contributed by atoms with Gasteiger partial charge in [-0.15, -0.1) is 0 Å². The summed E-state index contributed by atoms with van der Waals surface area (Å²) in [5.74, 6) is 0. The van der Waals surface area contributed by atoms with E-state index in [9.17, 15) is 5.11 Å². The van der Waals surface area contributed by atoms with Gasteiger partial charge in [-0.1, -0.05) is 31.2 Å². The summed E-state index contributed by atoms with van der Waals surface area (Å²) < 4.78 is 5.33. The van der Waals surface area contributed by atoms with Gasteiger partial charge in [0.1, 0.15) is 0 Å². The van der Waals surface area contributed by atoms with Crippen LogP contribution in [0.15, 0.2) is 36.4 Å². The lowest BCUT2D eigenvalue weighted by Crippen LogP contribution is -2.19. The third-order valence-corrected chi connectivity index (χ3v) is 2.76. The molecule has 1 aromatic heterocycles. The summed E-state index contributed by atoms with van der Waals surface area (Å²) in [5.41, 5.74) is 1.87. The topological polar surface area (TPSA) is 42.4 Å². The molecule has 0 fully saturated rings. The van der Waals surface area contributed by atoms with Gasteiger partial charge in [-0.3, -0.25) is 4.98 Å². The summed E-state index contributed by atoms with van der Waals surface area (Å²) in [5, 5.41) is 11.0. The summed E-state index contributed by atoms with van der Waals surface area (Å²) in [4.78, 5) is 4.53. The van der Waals surface area contributed by atoms with Crippen LogP contribution < -0.4 is 0 Å². The zero-order valence-corrected chi connectivity index (χ0v) is 10.7. The van der Waals surface area contributed by atoms with Crippen molar-refractivity contribution in [2.45, 2.75) is 25.9 Å². The highest BCUT2D eigenvalue weighted by atomic mass is 16.5. The molecule has 2 aromatic rings. The van der Waals surface area contributed by atoms with Crippen LogP contribution in [0.3, 0.4) is 0 Å². The summed E-state index contributed by atoms with van der Waals surface area (Å²) >= 11 is 0. The molecule has 0 saturated carbocycles. The molecule has 0 saturated heterocycles. The zero-order valence-electron chi connectivity index (χ0n) is 10.7. The second kappa shape index (κ2) is 6.47. The van der Waals surface area contributed by atoms with Crippen molar-refractivity contribution in [3.63, 3.8) is 0 Å². The van der Waals surface area contributed by atoms with Crippen molar-refractivity contribution in [3.8, 4) is 0 Å². The van der Waals surface area contributed by atoms with Crippen LogP contribution in [0.5, 0.6) is 0 Å². The number of aliphatic hydroxyl groups is 1. The van der Waals surface area contributed by atoms with Crippen molar-refractivity contribution in [2.24, 2.45) is 0 Å². The molecular formula is C15H19NO2. The molecule has 96 valence electrons. The van der Waals surface area contributed by atoms with Gasteiger partial charge in [-0.05, 0) is 18.6 Å².